The number of anilines is 2. The maximum absolute atomic E-state index is 12.3. The molecule has 0 aliphatic heterocycles. The highest BCUT2D eigenvalue weighted by Crippen LogP contribution is 2.32. The van der Waals surface area contributed by atoms with Crippen molar-refractivity contribution in [2.75, 3.05) is 12.4 Å². The fourth-order valence-electron chi connectivity index (χ4n) is 3.01. The number of nitrogens with one attached hydrogen (secondary N) is 1. The van der Waals surface area contributed by atoms with Crippen LogP contribution < -0.4 is 10.1 Å². The van der Waals surface area contributed by atoms with Crippen LogP contribution in [0.5, 0.6) is 5.75 Å². The van der Waals surface area contributed by atoms with Crippen molar-refractivity contribution in [1.82, 2.24) is 4.98 Å². The van der Waals surface area contributed by atoms with Gasteiger partial charge in [-0.3, -0.25) is 0 Å². The van der Waals surface area contributed by atoms with Gasteiger partial charge in [0.05, 0.1) is 22.8 Å². The summed E-state index contributed by atoms with van der Waals surface area (Å²) in [4.78, 5) is 17.0. The first-order chi connectivity index (χ1) is 15.5. The first-order valence-corrected chi connectivity index (χ1v) is 11.2. The number of aromatic nitrogens is 1. The third-order valence-electron chi connectivity index (χ3n) is 4.58. The zero-order valence-electron chi connectivity index (χ0n) is 16.9. The molecule has 0 aliphatic rings. The van der Waals surface area contributed by atoms with E-state index in [2.05, 4.69) is 10.3 Å². The molecule has 0 amide bonds. The lowest BCUT2D eigenvalue weighted by molar-refractivity contribution is -0.149. The van der Waals surface area contributed by atoms with Gasteiger partial charge in [-0.15, -0.1) is 11.3 Å². The van der Waals surface area contributed by atoms with Gasteiger partial charge in [-0.2, -0.15) is 0 Å². The number of hydrogen-bond donors (Lipinski definition) is 1. The summed E-state index contributed by atoms with van der Waals surface area (Å²) in [7, 11) is 1.34. The van der Waals surface area contributed by atoms with Crippen LogP contribution in [0.2, 0.25) is 10.0 Å². The predicted octanol–water partition coefficient (Wildman–Crippen LogP) is 7.15. The van der Waals surface area contributed by atoms with Crippen LogP contribution in [0.25, 0.3) is 11.3 Å². The smallest absolute Gasteiger partial charge is 0.351 e. The summed E-state index contributed by atoms with van der Waals surface area (Å²) in [5.41, 5.74) is 3.14. The minimum absolute atomic E-state index is 0.469. The molecule has 1 unspecified atom stereocenters. The Morgan fingerprint density at radius 1 is 1.00 bits per heavy atom. The Kier molecular flexibility index (Phi) is 6.95. The highest BCUT2D eigenvalue weighted by Gasteiger charge is 2.23. The molecule has 0 radical (unpaired) electrons. The predicted molar refractivity (Wildman–Crippen MR) is 129 cm³/mol. The van der Waals surface area contributed by atoms with Gasteiger partial charge in [-0.25, -0.2) is 9.78 Å². The van der Waals surface area contributed by atoms with Crippen LogP contribution in [0.1, 0.15) is 11.7 Å². The third kappa shape index (κ3) is 5.22. The number of methoxy groups -OCH3 is 1. The average Bonchev–Trinajstić information content (AvgIpc) is 3.29. The number of esters is 1. The summed E-state index contributed by atoms with van der Waals surface area (Å²) < 4.78 is 10.9. The standard InChI is InChI=1S/C24H18Cl2N2O3S/c1-30-23(29)22(15-6-3-2-4-7-15)31-18-9-5-8-16(12-18)21-14-32-24(28-21)27-17-10-11-19(25)20(26)13-17/h2-14,22H,1H3,(H,27,28). The second-order valence-corrected chi connectivity index (χ2v) is 8.42. The minimum atomic E-state index is -0.862. The summed E-state index contributed by atoms with van der Waals surface area (Å²) in [5, 5.41) is 6.84. The van der Waals surface area contributed by atoms with Crippen molar-refractivity contribution in [2.45, 2.75) is 6.10 Å². The molecule has 8 heteroatoms. The van der Waals surface area contributed by atoms with Gasteiger partial charge in [-0.1, -0.05) is 65.7 Å². The molecule has 1 heterocycles. The van der Waals surface area contributed by atoms with E-state index < -0.39 is 12.1 Å². The van der Waals surface area contributed by atoms with Gasteiger partial charge in [-0.05, 0) is 30.3 Å². The van der Waals surface area contributed by atoms with Crippen molar-refractivity contribution in [1.29, 1.82) is 0 Å². The summed E-state index contributed by atoms with van der Waals surface area (Å²) in [6.07, 6.45) is -0.862. The van der Waals surface area contributed by atoms with Crippen LogP contribution in [0.15, 0.2) is 78.2 Å². The van der Waals surface area contributed by atoms with Crippen LogP contribution in [-0.2, 0) is 9.53 Å². The molecule has 0 spiro atoms. The molecule has 4 aromatic rings. The highest BCUT2D eigenvalue weighted by atomic mass is 35.5. The third-order valence-corrected chi connectivity index (χ3v) is 6.07. The molecule has 0 saturated heterocycles. The molecule has 5 nitrogen and oxygen atoms in total. The van der Waals surface area contributed by atoms with Crippen molar-refractivity contribution in [3.8, 4) is 17.0 Å². The summed E-state index contributed by atoms with van der Waals surface area (Å²) >= 11 is 13.5. The van der Waals surface area contributed by atoms with Crippen molar-refractivity contribution < 1.29 is 14.3 Å². The molecule has 0 fully saturated rings. The van der Waals surface area contributed by atoms with E-state index in [1.807, 2.05) is 60.0 Å². The van der Waals surface area contributed by atoms with Gasteiger partial charge in [0, 0.05) is 22.2 Å². The van der Waals surface area contributed by atoms with Gasteiger partial charge in [0.25, 0.3) is 0 Å². The fraction of sp³-hybridized carbons (Fsp3) is 0.0833. The number of rotatable bonds is 7. The lowest BCUT2D eigenvalue weighted by atomic mass is 10.1. The quantitative estimate of drug-likeness (QED) is 0.282. The number of ether oxygens (including phenoxy) is 2. The van der Waals surface area contributed by atoms with Crippen LogP contribution in [0.3, 0.4) is 0 Å². The van der Waals surface area contributed by atoms with E-state index in [9.17, 15) is 4.79 Å². The van der Waals surface area contributed by atoms with E-state index in [1.165, 1.54) is 18.4 Å². The Morgan fingerprint density at radius 2 is 1.81 bits per heavy atom. The molecule has 0 bridgehead atoms. The van der Waals surface area contributed by atoms with E-state index in [0.29, 0.717) is 26.5 Å². The molecule has 0 saturated carbocycles. The first-order valence-electron chi connectivity index (χ1n) is 9.61. The Balaban J connectivity index is 1.54. The number of halogens is 2. The second-order valence-electron chi connectivity index (χ2n) is 6.75. The lowest BCUT2D eigenvalue weighted by Crippen LogP contribution is -2.20. The van der Waals surface area contributed by atoms with E-state index >= 15 is 0 Å². The van der Waals surface area contributed by atoms with Gasteiger partial charge < -0.3 is 14.8 Å². The number of thiazole rings is 1. The molecule has 0 aliphatic carbocycles. The van der Waals surface area contributed by atoms with Crippen LogP contribution >= 0.6 is 34.5 Å². The molecule has 1 N–H and O–H groups in total. The molecule has 1 atom stereocenters. The SMILES string of the molecule is COC(=O)C(Oc1cccc(-c2csc(Nc3ccc(Cl)c(Cl)c3)n2)c1)c1ccccc1. The van der Waals surface area contributed by atoms with E-state index in [1.54, 1.807) is 18.2 Å². The Labute approximate surface area is 199 Å². The fourth-order valence-corrected chi connectivity index (χ4v) is 4.05. The van der Waals surface area contributed by atoms with E-state index in [-0.39, 0.29) is 0 Å². The Morgan fingerprint density at radius 3 is 2.56 bits per heavy atom. The van der Waals surface area contributed by atoms with Gasteiger partial charge in [0.15, 0.2) is 5.13 Å². The van der Waals surface area contributed by atoms with Gasteiger partial charge in [0.2, 0.25) is 6.10 Å². The highest BCUT2D eigenvalue weighted by molar-refractivity contribution is 7.14. The summed E-state index contributed by atoms with van der Waals surface area (Å²) in [6, 6.07) is 22.0. The van der Waals surface area contributed by atoms with Crippen molar-refractivity contribution >= 4 is 51.3 Å². The number of hydrogen-bond acceptors (Lipinski definition) is 6. The normalized spacial score (nSPS) is 11.6. The summed E-state index contributed by atoms with van der Waals surface area (Å²) in [6.45, 7) is 0. The average molecular weight is 485 g/mol. The molecule has 4 rings (SSSR count). The molecular formula is C24H18Cl2N2O3S. The van der Waals surface area contributed by atoms with Crippen LogP contribution in [0.4, 0.5) is 10.8 Å². The number of nitrogens with zero attached hydrogens (tertiary/aromatic N) is 1. The van der Waals surface area contributed by atoms with Gasteiger partial charge in [0.1, 0.15) is 5.75 Å². The number of carbonyl (C=O) groups excluding carboxylic acids is 1. The maximum Gasteiger partial charge on any atom is 0.351 e. The zero-order valence-corrected chi connectivity index (χ0v) is 19.2. The van der Waals surface area contributed by atoms with Crippen molar-refractivity contribution in [2.24, 2.45) is 0 Å². The molecular weight excluding hydrogens is 467 g/mol. The monoisotopic (exact) mass is 484 g/mol. The Hall–Kier alpha value is -3.06. The Bertz CT molecular complexity index is 1230. The number of carbonyl (C=O) groups is 1. The maximum atomic E-state index is 12.3. The molecule has 1 aromatic heterocycles. The van der Waals surface area contributed by atoms with Crippen LogP contribution in [-0.4, -0.2) is 18.1 Å². The van der Waals surface area contributed by atoms with Crippen molar-refractivity contribution in [3.63, 3.8) is 0 Å². The minimum Gasteiger partial charge on any atom is -0.474 e. The summed E-state index contributed by atoms with van der Waals surface area (Å²) in [5.74, 6) is 0.0668. The lowest BCUT2D eigenvalue weighted by Gasteiger charge is -2.17. The van der Waals surface area contributed by atoms with Crippen molar-refractivity contribution in [3.05, 3.63) is 93.8 Å². The molecule has 3 aromatic carbocycles. The van der Waals surface area contributed by atoms with Crippen LogP contribution in [0, 0.1) is 0 Å². The van der Waals surface area contributed by atoms with Gasteiger partial charge >= 0.3 is 5.97 Å². The molecule has 32 heavy (non-hydrogen) atoms. The zero-order chi connectivity index (χ0) is 22.5. The van der Waals surface area contributed by atoms with E-state index in [0.717, 1.165) is 16.9 Å². The second kappa shape index (κ2) is 10.0. The largest absolute Gasteiger partial charge is 0.474 e. The molecule has 162 valence electrons. The number of benzene rings is 3. The van der Waals surface area contributed by atoms with E-state index in [4.69, 9.17) is 32.7 Å². The topological polar surface area (TPSA) is 60.5 Å². The first kappa shape index (κ1) is 22.1.